The number of fused-ring (bicyclic) bond motifs is 5. The van der Waals surface area contributed by atoms with Crippen LogP contribution in [-0.4, -0.2) is 34.1 Å². The zero-order valence-corrected chi connectivity index (χ0v) is 14.3. The molecule has 4 heteroatoms. The summed E-state index contributed by atoms with van der Waals surface area (Å²) in [4.78, 5) is 0.730. The molecule has 0 radical (unpaired) electrons. The van der Waals surface area contributed by atoms with E-state index >= 15 is 0 Å². The first kappa shape index (κ1) is 15.6. The Kier molecular flexibility index (Phi) is 5.95. The lowest BCUT2D eigenvalue weighted by Gasteiger charge is -2.44. The van der Waals surface area contributed by atoms with Crippen molar-refractivity contribution in [3.05, 3.63) is 12.2 Å². The van der Waals surface area contributed by atoms with Gasteiger partial charge in [0.2, 0.25) is 0 Å². The first-order chi connectivity index (χ1) is 9.15. The summed E-state index contributed by atoms with van der Waals surface area (Å²) >= 11 is 7.47. The van der Waals surface area contributed by atoms with Crippen LogP contribution in [0.1, 0.15) is 32.6 Å². The number of ether oxygens (including phenoxy) is 2. The number of terminal acetylenes is 1. The van der Waals surface area contributed by atoms with Crippen LogP contribution in [0.15, 0.2) is 12.2 Å². The van der Waals surface area contributed by atoms with Crippen LogP contribution in [0.3, 0.4) is 0 Å². The molecule has 0 N–H and O–H groups in total. The van der Waals surface area contributed by atoms with Crippen molar-refractivity contribution >= 4 is 31.9 Å². The van der Waals surface area contributed by atoms with E-state index < -0.39 is 0 Å². The van der Waals surface area contributed by atoms with E-state index in [0.717, 1.165) is 19.3 Å². The van der Waals surface area contributed by atoms with Crippen molar-refractivity contribution in [1.82, 2.24) is 0 Å². The summed E-state index contributed by atoms with van der Waals surface area (Å²) in [7, 11) is 0. The second-order valence-electron chi connectivity index (χ2n) is 5.10. The minimum Gasteiger partial charge on any atom is -0.371 e. The Labute approximate surface area is 132 Å². The molecule has 3 aliphatic rings. The molecular formula is C15H20Br2O2. The van der Waals surface area contributed by atoms with E-state index in [4.69, 9.17) is 15.9 Å². The number of allylic oxidation sites excluding steroid dienone is 1. The van der Waals surface area contributed by atoms with Crippen molar-refractivity contribution in [1.29, 1.82) is 0 Å². The van der Waals surface area contributed by atoms with Crippen molar-refractivity contribution in [2.45, 2.75) is 66.7 Å². The van der Waals surface area contributed by atoms with Crippen LogP contribution in [0.2, 0.25) is 0 Å². The van der Waals surface area contributed by atoms with Crippen LogP contribution in [0, 0.1) is 12.3 Å². The first-order valence-corrected chi connectivity index (χ1v) is 8.68. The van der Waals surface area contributed by atoms with Gasteiger partial charge in [0.05, 0.1) is 18.3 Å². The Balaban J connectivity index is 2.11. The predicted molar refractivity (Wildman–Crippen MR) is 84.9 cm³/mol. The molecule has 3 saturated heterocycles. The molecule has 106 valence electrons. The topological polar surface area (TPSA) is 18.5 Å². The Hall–Kier alpha value is 0.180. The van der Waals surface area contributed by atoms with Gasteiger partial charge in [0, 0.05) is 16.1 Å². The fraction of sp³-hybridized carbons (Fsp3) is 0.733. The minimum absolute atomic E-state index is 0.0289. The molecule has 3 heterocycles. The Morgan fingerprint density at radius 1 is 1.21 bits per heavy atom. The number of hydrogen-bond donors (Lipinski definition) is 0. The molecule has 0 amide bonds. The number of hydrogen-bond acceptors (Lipinski definition) is 2. The molecule has 0 saturated carbocycles. The van der Waals surface area contributed by atoms with E-state index in [1.165, 1.54) is 0 Å². The van der Waals surface area contributed by atoms with Gasteiger partial charge < -0.3 is 9.47 Å². The van der Waals surface area contributed by atoms with Crippen LogP contribution in [-0.2, 0) is 9.47 Å². The van der Waals surface area contributed by atoms with Gasteiger partial charge in [-0.3, -0.25) is 0 Å². The van der Waals surface area contributed by atoms with Crippen molar-refractivity contribution in [2.75, 3.05) is 0 Å². The zero-order chi connectivity index (χ0) is 13.8. The SMILES string of the molecule is C#CCC=CC1O[C@H]2C[C@H](Br)[C@@H](CC)O[C@@H]1C[C@@H]2Br. The smallest absolute Gasteiger partial charge is 0.102 e. The highest BCUT2D eigenvalue weighted by Crippen LogP contribution is 2.37. The molecule has 2 bridgehead atoms. The minimum atomic E-state index is 0.0289. The van der Waals surface area contributed by atoms with Gasteiger partial charge in [-0.05, 0) is 19.3 Å². The number of rotatable bonds is 3. The molecule has 0 aromatic heterocycles. The summed E-state index contributed by atoms with van der Waals surface area (Å²) in [6, 6.07) is 0. The van der Waals surface area contributed by atoms with E-state index in [0.29, 0.717) is 16.1 Å². The van der Waals surface area contributed by atoms with Crippen LogP contribution in [0.4, 0.5) is 0 Å². The van der Waals surface area contributed by atoms with Gasteiger partial charge in [0.15, 0.2) is 0 Å². The van der Waals surface area contributed by atoms with Gasteiger partial charge in [-0.1, -0.05) is 50.9 Å². The molecule has 3 aliphatic heterocycles. The van der Waals surface area contributed by atoms with Crippen molar-refractivity contribution < 1.29 is 9.47 Å². The maximum atomic E-state index is 6.25. The predicted octanol–water partition coefficient (Wildman–Crippen LogP) is 3.82. The molecule has 19 heavy (non-hydrogen) atoms. The maximum absolute atomic E-state index is 6.25. The molecule has 0 spiro atoms. The quantitative estimate of drug-likeness (QED) is 0.413. The summed E-state index contributed by atoms with van der Waals surface area (Å²) < 4.78 is 12.4. The highest BCUT2D eigenvalue weighted by Gasteiger charge is 2.42. The van der Waals surface area contributed by atoms with E-state index in [1.54, 1.807) is 0 Å². The lowest BCUT2D eigenvalue weighted by molar-refractivity contribution is -0.159. The van der Waals surface area contributed by atoms with Crippen LogP contribution in [0.25, 0.3) is 0 Å². The van der Waals surface area contributed by atoms with Crippen molar-refractivity contribution in [3.8, 4) is 12.3 Å². The van der Waals surface area contributed by atoms with Gasteiger partial charge in [0.25, 0.3) is 0 Å². The van der Waals surface area contributed by atoms with E-state index in [9.17, 15) is 0 Å². The van der Waals surface area contributed by atoms with Crippen LogP contribution < -0.4 is 0 Å². The number of alkyl halides is 2. The standard InChI is InChI=1S/C15H20Br2O2/c1-3-5-6-7-13-15-9-11(17)14(19-13)8-10(16)12(4-2)18-15/h1,6-7,10-15H,4-5,8-9H2,2H3/t10-,11-,12+,13?,14-,15+/m0/s1. The highest BCUT2D eigenvalue weighted by atomic mass is 79.9. The summed E-state index contributed by atoms with van der Waals surface area (Å²) in [5.74, 6) is 2.62. The molecule has 3 fully saturated rings. The Morgan fingerprint density at radius 2 is 1.95 bits per heavy atom. The lowest BCUT2D eigenvalue weighted by atomic mass is 9.93. The van der Waals surface area contributed by atoms with Gasteiger partial charge in [-0.25, -0.2) is 0 Å². The summed E-state index contributed by atoms with van der Waals surface area (Å²) in [5.41, 5.74) is 0. The third kappa shape index (κ3) is 3.85. The molecule has 3 rings (SSSR count). The molecular weight excluding hydrogens is 372 g/mol. The van der Waals surface area contributed by atoms with Gasteiger partial charge in [-0.15, -0.1) is 12.3 Å². The first-order valence-electron chi connectivity index (χ1n) is 6.84. The average molecular weight is 392 g/mol. The van der Waals surface area contributed by atoms with E-state index in [1.807, 2.05) is 6.08 Å². The normalized spacial score (nSPS) is 42.8. The monoisotopic (exact) mass is 390 g/mol. The number of halogens is 2. The van der Waals surface area contributed by atoms with Gasteiger partial charge in [0.1, 0.15) is 6.10 Å². The Morgan fingerprint density at radius 3 is 2.63 bits per heavy atom. The van der Waals surface area contributed by atoms with Gasteiger partial charge >= 0.3 is 0 Å². The second kappa shape index (κ2) is 7.26. The molecule has 2 nitrogen and oxygen atoms in total. The third-order valence-electron chi connectivity index (χ3n) is 3.73. The summed E-state index contributed by atoms with van der Waals surface area (Å²) in [5, 5.41) is 0. The lowest BCUT2D eigenvalue weighted by Crippen LogP contribution is -2.51. The van der Waals surface area contributed by atoms with E-state index in [-0.39, 0.29) is 24.4 Å². The second-order valence-corrected chi connectivity index (χ2v) is 7.45. The van der Waals surface area contributed by atoms with Crippen LogP contribution in [0.5, 0.6) is 0 Å². The fourth-order valence-electron chi connectivity index (χ4n) is 2.69. The molecule has 1 unspecified atom stereocenters. The molecule has 6 atom stereocenters. The molecule has 0 aromatic rings. The third-order valence-corrected chi connectivity index (χ3v) is 5.66. The fourth-order valence-corrected chi connectivity index (χ4v) is 4.27. The van der Waals surface area contributed by atoms with Crippen molar-refractivity contribution in [2.24, 2.45) is 0 Å². The Bertz CT molecular complexity index is 364. The van der Waals surface area contributed by atoms with Crippen LogP contribution >= 0.6 is 31.9 Å². The molecule has 0 aromatic carbocycles. The van der Waals surface area contributed by atoms with Gasteiger partial charge in [-0.2, -0.15) is 0 Å². The zero-order valence-electron chi connectivity index (χ0n) is 11.1. The summed E-state index contributed by atoms with van der Waals surface area (Å²) in [6.45, 7) is 2.17. The molecule has 0 aliphatic carbocycles. The summed E-state index contributed by atoms with van der Waals surface area (Å²) in [6.07, 6.45) is 13.6. The largest absolute Gasteiger partial charge is 0.371 e. The highest BCUT2D eigenvalue weighted by molar-refractivity contribution is 9.09. The average Bonchev–Trinajstić information content (AvgIpc) is 2.38. The van der Waals surface area contributed by atoms with E-state index in [2.05, 4.69) is 50.8 Å². The maximum Gasteiger partial charge on any atom is 0.102 e. The van der Waals surface area contributed by atoms with Crippen molar-refractivity contribution in [3.63, 3.8) is 0 Å².